The number of ether oxygens (including phenoxy) is 3. The summed E-state index contributed by atoms with van der Waals surface area (Å²) in [6, 6.07) is 6.11. The van der Waals surface area contributed by atoms with Crippen molar-refractivity contribution in [2.24, 2.45) is 5.73 Å². The molecule has 1 aromatic heterocycles. The van der Waals surface area contributed by atoms with Crippen LogP contribution in [0.15, 0.2) is 41.3 Å². The van der Waals surface area contributed by atoms with Gasteiger partial charge in [0.05, 0.1) is 17.7 Å². The van der Waals surface area contributed by atoms with Crippen molar-refractivity contribution >= 4 is 23.7 Å². The van der Waals surface area contributed by atoms with Gasteiger partial charge in [0.1, 0.15) is 12.1 Å². The number of carbonyl (C=O) groups is 3. The normalized spacial score (nSPS) is 24.2. The lowest BCUT2D eigenvalue weighted by atomic mass is 10.0. The van der Waals surface area contributed by atoms with E-state index in [4.69, 9.17) is 29.9 Å². The number of aromatic nitrogens is 2. The van der Waals surface area contributed by atoms with Gasteiger partial charge >= 0.3 is 23.6 Å². The van der Waals surface area contributed by atoms with Crippen molar-refractivity contribution in [1.29, 1.82) is 0 Å². The van der Waals surface area contributed by atoms with Crippen molar-refractivity contribution < 1.29 is 43.6 Å². The van der Waals surface area contributed by atoms with Crippen LogP contribution in [-0.2, 0) is 23.8 Å². The van der Waals surface area contributed by atoms with Gasteiger partial charge in [-0.1, -0.05) is 12.1 Å². The number of hydrogen-bond acceptors (Lipinski definition) is 13. The number of aliphatic hydroxyl groups is 2. The number of nitrogens with zero attached hydrogens (tertiary/aromatic N) is 2. The second kappa shape index (κ2) is 10.2. The maximum Gasteiger partial charge on any atom is 0.351 e. The first-order chi connectivity index (χ1) is 16.8. The molecule has 0 saturated carbocycles. The summed E-state index contributed by atoms with van der Waals surface area (Å²) < 4.78 is 17.7. The topological polar surface area (TPSA) is 202 Å². The van der Waals surface area contributed by atoms with Gasteiger partial charge in [0.15, 0.2) is 24.3 Å². The second-order valence-corrected chi connectivity index (χ2v) is 7.68. The van der Waals surface area contributed by atoms with Crippen LogP contribution in [0.5, 0.6) is 0 Å². The molecule has 14 heteroatoms. The molecule has 0 unspecified atom stereocenters. The van der Waals surface area contributed by atoms with E-state index in [9.17, 15) is 24.3 Å². The van der Waals surface area contributed by atoms with Gasteiger partial charge in [-0.25, -0.2) is 24.7 Å². The first-order valence-corrected chi connectivity index (χ1v) is 10.5. The van der Waals surface area contributed by atoms with Crippen LogP contribution < -0.4 is 16.9 Å². The molecule has 0 bridgehead atoms. The molecule has 5 N–H and O–H groups in total. The molecule has 0 spiro atoms. The molecule has 3 heterocycles. The highest BCUT2D eigenvalue weighted by Gasteiger charge is 2.52. The van der Waals surface area contributed by atoms with Gasteiger partial charge in [-0.15, -0.1) is 0 Å². The molecule has 4 rings (SSSR count). The number of rotatable bonds is 7. The smallest absolute Gasteiger partial charge is 0.351 e. The Hall–Kier alpha value is -3.85. The monoisotopic (exact) mass is 490 g/mol. The van der Waals surface area contributed by atoms with Gasteiger partial charge in [-0.2, -0.15) is 4.98 Å². The third kappa shape index (κ3) is 4.85. The van der Waals surface area contributed by atoms with E-state index in [0.717, 1.165) is 4.57 Å². The molecule has 1 fully saturated rings. The summed E-state index contributed by atoms with van der Waals surface area (Å²) in [5.41, 5.74) is 6.79. The van der Waals surface area contributed by atoms with E-state index >= 15 is 0 Å². The van der Waals surface area contributed by atoms with Gasteiger partial charge in [-0.05, 0) is 18.6 Å². The quantitative estimate of drug-likeness (QED) is 0.198. The molecular formula is C21H22N4O10. The van der Waals surface area contributed by atoms with E-state index in [-0.39, 0.29) is 30.0 Å². The van der Waals surface area contributed by atoms with Crippen LogP contribution in [0, 0.1) is 0 Å². The zero-order valence-corrected chi connectivity index (χ0v) is 18.1. The Morgan fingerprint density at radius 1 is 1.11 bits per heavy atom. The van der Waals surface area contributed by atoms with Crippen LogP contribution in [0.4, 0.5) is 5.82 Å². The fourth-order valence-corrected chi connectivity index (χ4v) is 3.66. The minimum atomic E-state index is -1.28. The number of esters is 2. The van der Waals surface area contributed by atoms with Crippen molar-refractivity contribution in [3.05, 3.63) is 58.1 Å². The SMILES string of the molecule is N[C@H](CCO)C(=O)ONc1ccn([C@@H]2O[C@H](CO)[C@H]3OC(=O)c4ccccc4C(=O)O[C@H]32)c(=O)n1. The second-order valence-electron chi connectivity index (χ2n) is 7.68. The Balaban J connectivity index is 1.57. The summed E-state index contributed by atoms with van der Waals surface area (Å²) in [6.07, 6.45) is -3.64. The molecule has 2 aliphatic heterocycles. The van der Waals surface area contributed by atoms with Crippen molar-refractivity contribution in [3.63, 3.8) is 0 Å². The summed E-state index contributed by atoms with van der Waals surface area (Å²) >= 11 is 0. The molecule has 14 nitrogen and oxygen atoms in total. The molecule has 186 valence electrons. The van der Waals surface area contributed by atoms with E-state index in [0.29, 0.717) is 0 Å². The molecule has 2 aromatic rings. The maximum atomic E-state index is 12.8. The third-order valence-corrected chi connectivity index (χ3v) is 5.42. The number of aliphatic hydroxyl groups excluding tert-OH is 2. The Kier molecular flexibility index (Phi) is 7.07. The minimum absolute atomic E-state index is 0.00129. The minimum Gasteiger partial charge on any atom is -0.452 e. The van der Waals surface area contributed by atoms with Crippen molar-refractivity contribution in [2.45, 2.75) is 37.0 Å². The molecular weight excluding hydrogens is 468 g/mol. The zero-order chi connectivity index (χ0) is 25.1. The molecule has 0 amide bonds. The lowest BCUT2D eigenvalue weighted by Crippen LogP contribution is -2.43. The van der Waals surface area contributed by atoms with Gasteiger partial charge in [0, 0.05) is 18.9 Å². The van der Waals surface area contributed by atoms with E-state index in [1.54, 1.807) is 12.1 Å². The molecule has 0 radical (unpaired) electrons. The van der Waals surface area contributed by atoms with Crippen molar-refractivity contribution in [2.75, 3.05) is 18.7 Å². The van der Waals surface area contributed by atoms with Crippen LogP contribution >= 0.6 is 0 Å². The molecule has 2 aliphatic rings. The Bertz CT molecular complexity index is 1180. The van der Waals surface area contributed by atoms with E-state index in [1.165, 1.54) is 24.4 Å². The molecule has 5 atom stereocenters. The van der Waals surface area contributed by atoms with E-state index < -0.39 is 60.8 Å². The van der Waals surface area contributed by atoms with Gasteiger partial charge in [-0.3, -0.25) is 4.57 Å². The van der Waals surface area contributed by atoms with E-state index in [2.05, 4.69) is 10.5 Å². The Morgan fingerprint density at radius 2 is 1.77 bits per heavy atom. The summed E-state index contributed by atoms with van der Waals surface area (Å²) in [6.45, 7) is -0.898. The number of nitrogens with one attached hydrogen (secondary N) is 1. The van der Waals surface area contributed by atoms with Crippen LogP contribution in [0.3, 0.4) is 0 Å². The van der Waals surface area contributed by atoms with Crippen LogP contribution in [0.2, 0.25) is 0 Å². The van der Waals surface area contributed by atoms with Crippen LogP contribution in [0.1, 0.15) is 33.4 Å². The number of fused-ring (bicyclic) bond motifs is 2. The molecule has 0 aliphatic carbocycles. The van der Waals surface area contributed by atoms with Crippen LogP contribution in [0.25, 0.3) is 0 Å². The summed E-state index contributed by atoms with van der Waals surface area (Å²) in [5.74, 6) is -2.65. The number of hydrogen-bond donors (Lipinski definition) is 4. The lowest BCUT2D eigenvalue weighted by Gasteiger charge is -2.27. The predicted molar refractivity (Wildman–Crippen MR) is 114 cm³/mol. The highest BCUT2D eigenvalue weighted by atomic mass is 16.7. The molecule has 35 heavy (non-hydrogen) atoms. The zero-order valence-electron chi connectivity index (χ0n) is 18.1. The Morgan fingerprint density at radius 3 is 2.37 bits per heavy atom. The van der Waals surface area contributed by atoms with Gasteiger partial charge < -0.3 is 35.0 Å². The van der Waals surface area contributed by atoms with Crippen molar-refractivity contribution in [1.82, 2.24) is 9.55 Å². The average Bonchev–Trinajstić information content (AvgIpc) is 3.18. The van der Waals surface area contributed by atoms with Gasteiger partial charge in [0.2, 0.25) is 0 Å². The standard InChI is InChI=1S/C21H22N4O10/c22-12(6-8-26)20(30)35-24-14-5-7-25(21(31)23-14)17-16-15(13(9-27)32-17)33-18(28)10-3-1-2-4-11(10)19(29)34-16/h1-5,7,12-13,15-17,26-27H,6,8-9,22H2,(H,23,24,31)/t12-,13-,15-,16-,17-/m1/s1. The number of benzene rings is 1. The molecule has 1 saturated heterocycles. The highest BCUT2D eigenvalue weighted by molar-refractivity contribution is 6.03. The maximum absolute atomic E-state index is 12.8. The summed E-state index contributed by atoms with van der Waals surface area (Å²) in [7, 11) is 0. The fraction of sp³-hybridized carbons (Fsp3) is 0.381. The predicted octanol–water partition coefficient (Wildman–Crippen LogP) is -1.52. The first kappa shape index (κ1) is 24.3. The number of carbonyl (C=O) groups excluding carboxylic acids is 3. The largest absolute Gasteiger partial charge is 0.452 e. The Labute approximate surface area is 197 Å². The number of anilines is 1. The van der Waals surface area contributed by atoms with Gasteiger partial charge in [0.25, 0.3) is 0 Å². The number of nitrogens with two attached hydrogens (primary N) is 1. The summed E-state index contributed by atoms with van der Waals surface area (Å²) in [5, 5.41) is 18.6. The summed E-state index contributed by atoms with van der Waals surface area (Å²) in [4.78, 5) is 58.3. The van der Waals surface area contributed by atoms with E-state index in [1.807, 2.05) is 0 Å². The third-order valence-electron chi connectivity index (χ3n) is 5.42. The molecule has 1 aromatic carbocycles. The average molecular weight is 490 g/mol. The highest BCUT2D eigenvalue weighted by Crippen LogP contribution is 2.35. The van der Waals surface area contributed by atoms with Crippen LogP contribution in [-0.4, -0.2) is 75.2 Å². The fourth-order valence-electron chi connectivity index (χ4n) is 3.66. The van der Waals surface area contributed by atoms with Crippen molar-refractivity contribution in [3.8, 4) is 0 Å². The lowest BCUT2D eigenvalue weighted by molar-refractivity contribution is -0.142. The first-order valence-electron chi connectivity index (χ1n) is 10.5.